The van der Waals surface area contributed by atoms with Crippen molar-refractivity contribution in [3.63, 3.8) is 0 Å². The molecular formula is C17H17N3O2S. The van der Waals surface area contributed by atoms with Crippen molar-refractivity contribution < 1.29 is 9.47 Å². The Hall–Kier alpha value is -2.60. The average molecular weight is 327 g/mol. The number of methoxy groups -OCH3 is 2. The van der Waals surface area contributed by atoms with Crippen LogP contribution in [0.3, 0.4) is 0 Å². The molecule has 0 unspecified atom stereocenters. The Balaban J connectivity index is 1.86. The number of fused-ring (bicyclic) bond motifs is 1. The normalized spacial score (nSPS) is 11.1. The first-order valence-electron chi connectivity index (χ1n) is 7.06. The highest BCUT2D eigenvalue weighted by Gasteiger charge is 2.07. The van der Waals surface area contributed by atoms with Crippen molar-refractivity contribution in [3.05, 3.63) is 48.0 Å². The molecule has 0 saturated heterocycles. The van der Waals surface area contributed by atoms with E-state index in [1.54, 1.807) is 36.8 Å². The second-order valence-corrected chi connectivity index (χ2v) is 5.85. The molecule has 2 aromatic carbocycles. The van der Waals surface area contributed by atoms with Gasteiger partial charge in [0.2, 0.25) is 5.13 Å². The Morgan fingerprint density at radius 1 is 1.13 bits per heavy atom. The number of nitrogens with zero attached hydrogens (tertiary/aromatic N) is 3. The maximum absolute atomic E-state index is 5.35. The van der Waals surface area contributed by atoms with Crippen LogP contribution in [0.15, 0.2) is 47.6 Å². The number of hydrogen-bond acceptors (Lipinski definition) is 6. The van der Waals surface area contributed by atoms with Crippen LogP contribution < -0.4 is 14.5 Å². The van der Waals surface area contributed by atoms with Gasteiger partial charge in [0.05, 0.1) is 30.7 Å². The molecule has 23 heavy (non-hydrogen) atoms. The summed E-state index contributed by atoms with van der Waals surface area (Å²) in [6, 6.07) is 13.6. The molecule has 0 amide bonds. The summed E-state index contributed by atoms with van der Waals surface area (Å²) in [5.74, 6) is 1.50. The minimum absolute atomic E-state index is 0.743. The van der Waals surface area contributed by atoms with Gasteiger partial charge in [-0.25, -0.2) is 9.99 Å². The van der Waals surface area contributed by atoms with Crippen LogP contribution in [-0.4, -0.2) is 32.5 Å². The fourth-order valence-corrected chi connectivity index (χ4v) is 3.02. The molecule has 6 heteroatoms. The Morgan fingerprint density at radius 3 is 2.70 bits per heavy atom. The van der Waals surface area contributed by atoms with Crippen LogP contribution in [0, 0.1) is 0 Å². The van der Waals surface area contributed by atoms with E-state index in [2.05, 4.69) is 16.2 Å². The molecule has 5 nitrogen and oxygen atoms in total. The number of aromatic nitrogens is 1. The molecule has 0 atom stereocenters. The molecule has 0 aliphatic rings. The number of ether oxygens (including phenoxy) is 2. The molecule has 0 spiro atoms. The van der Waals surface area contributed by atoms with Crippen LogP contribution in [0.1, 0.15) is 5.56 Å². The predicted octanol–water partition coefficient (Wildman–Crippen LogP) is 3.78. The highest BCUT2D eigenvalue weighted by molar-refractivity contribution is 7.22. The molecule has 118 valence electrons. The Kier molecular flexibility index (Phi) is 4.43. The van der Waals surface area contributed by atoms with Crippen molar-refractivity contribution in [2.24, 2.45) is 5.10 Å². The summed E-state index contributed by atoms with van der Waals surface area (Å²) in [5.41, 5.74) is 1.83. The summed E-state index contributed by atoms with van der Waals surface area (Å²) in [4.78, 5) is 4.58. The summed E-state index contributed by atoms with van der Waals surface area (Å²) in [5, 5.41) is 7.06. The molecule has 0 radical (unpaired) electrons. The standard InChI is InChI=1S/C17H17N3O2S/c1-20(17-19-14-6-4-5-7-16(14)23-17)18-11-12-10-13(21-2)8-9-15(12)22-3/h4-11H,1-3H3/b18-11+. The van der Waals surface area contributed by atoms with Gasteiger partial charge in [-0.3, -0.25) is 0 Å². The maximum atomic E-state index is 5.35. The fourth-order valence-electron chi connectivity index (χ4n) is 2.14. The molecule has 1 aromatic heterocycles. The van der Waals surface area contributed by atoms with Gasteiger partial charge in [-0.05, 0) is 30.3 Å². The second-order valence-electron chi connectivity index (χ2n) is 4.84. The van der Waals surface area contributed by atoms with Gasteiger partial charge in [0.25, 0.3) is 0 Å². The van der Waals surface area contributed by atoms with Gasteiger partial charge in [0, 0.05) is 12.6 Å². The van der Waals surface area contributed by atoms with E-state index in [1.807, 2.05) is 43.4 Å². The third-order valence-corrected chi connectivity index (χ3v) is 4.47. The van der Waals surface area contributed by atoms with Crippen LogP contribution in [0.2, 0.25) is 0 Å². The van der Waals surface area contributed by atoms with Gasteiger partial charge in [-0.2, -0.15) is 5.10 Å². The first-order chi connectivity index (χ1) is 11.2. The minimum Gasteiger partial charge on any atom is -0.497 e. The van der Waals surface area contributed by atoms with Gasteiger partial charge in [0.15, 0.2) is 0 Å². The average Bonchev–Trinajstić information content (AvgIpc) is 3.03. The third-order valence-electron chi connectivity index (χ3n) is 3.37. The van der Waals surface area contributed by atoms with Crippen LogP contribution in [-0.2, 0) is 0 Å². The van der Waals surface area contributed by atoms with E-state index in [0.29, 0.717) is 0 Å². The monoisotopic (exact) mass is 327 g/mol. The van der Waals surface area contributed by atoms with E-state index >= 15 is 0 Å². The molecule has 3 aromatic rings. The molecule has 0 aliphatic carbocycles. The van der Waals surface area contributed by atoms with Crippen molar-refractivity contribution in [2.45, 2.75) is 0 Å². The Bertz CT molecular complexity index is 812. The zero-order valence-electron chi connectivity index (χ0n) is 13.2. The summed E-state index contributed by atoms with van der Waals surface area (Å²) < 4.78 is 11.7. The topological polar surface area (TPSA) is 47.0 Å². The van der Waals surface area contributed by atoms with Gasteiger partial charge < -0.3 is 9.47 Å². The predicted molar refractivity (Wildman–Crippen MR) is 95.2 cm³/mol. The quantitative estimate of drug-likeness (QED) is 0.528. The number of rotatable bonds is 5. The summed E-state index contributed by atoms with van der Waals surface area (Å²) in [6.45, 7) is 0. The first-order valence-corrected chi connectivity index (χ1v) is 7.88. The smallest absolute Gasteiger partial charge is 0.206 e. The van der Waals surface area contributed by atoms with Crippen molar-refractivity contribution in [2.75, 3.05) is 26.3 Å². The zero-order chi connectivity index (χ0) is 16.2. The highest BCUT2D eigenvalue weighted by atomic mass is 32.1. The van der Waals surface area contributed by atoms with Crippen molar-refractivity contribution in [1.29, 1.82) is 0 Å². The number of para-hydroxylation sites is 1. The van der Waals surface area contributed by atoms with Gasteiger partial charge >= 0.3 is 0 Å². The number of hydrazone groups is 1. The number of benzene rings is 2. The lowest BCUT2D eigenvalue weighted by Gasteiger charge is -2.10. The largest absolute Gasteiger partial charge is 0.497 e. The van der Waals surface area contributed by atoms with E-state index in [1.165, 1.54) is 0 Å². The minimum atomic E-state index is 0.743. The number of thiazole rings is 1. The van der Waals surface area contributed by atoms with Crippen molar-refractivity contribution >= 4 is 32.9 Å². The lowest BCUT2D eigenvalue weighted by molar-refractivity contribution is 0.402. The molecular weight excluding hydrogens is 310 g/mol. The third kappa shape index (κ3) is 3.27. The van der Waals surface area contributed by atoms with Crippen LogP contribution >= 0.6 is 11.3 Å². The van der Waals surface area contributed by atoms with Crippen LogP contribution in [0.4, 0.5) is 5.13 Å². The van der Waals surface area contributed by atoms with E-state index in [4.69, 9.17) is 9.47 Å². The molecule has 0 bridgehead atoms. The first kappa shape index (κ1) is 15.3. The van der Waals surface area contributed by atoms with Crippen molar-refractivity contribution in [3.8, 4) is 11.5 Å². The molecule has 0 aliphatic heterocycles. The van der Waals surface area contributed by atoms with E-state index in [9.17, 15) is 0 Å². The maximum Gasteiger partial charge on any atom is 0.206 e. The Morgan fingerprint density at radius 2 is 1.96 bits per heavy atom. The molecule has 1 heterocycles. The van der Waals surface area contributed by atoms with Gasteiger partial charge in [-0.1, -0.05) is 23.5 Å². The van der Waals surface area contributed by atoms with E-state index in [-0.39, 0.29) is 0 Å². The SMILES string of the molecule is COc1ccc(OC)c(/C=N/N(C)c2nc3ccccc3s2)c1. The van der Waals surface area contributed by atoms with E-state index in [0.717, 1.165) is 32.4 Å². The van der Waals surface area contributed by atoms with E-state index < -0.39 is 0 Å². The molecule has 0 fully saturated rings. The number of anilines is 1. The lowest BCUT2D eigenvalue weighted by atomic mass is 10.2. The fraction of sp³-hybridized carbons (Fsp3) is 0.176. The lowest BCUT2D eigenvalue weighted by Crippen LogP contribution is -2.08. The van der Waals surface area contributed by atoms with Crippen LogP contribution in [0.25, 0.3) is 10.2 Å². The van der Waals surface area contributed by atoms with Gasteiger partial charge in [-0.15, -0.1) is 0 Å². The second kappa shape index (κ2) is 6.66. The van der Waals surface area contributed by atoms with Gasteiger partial charge in [0.1, 0.15) is 11.5 Å². The molecule has 3 rings (SSSR count). The molecule has 0 saturated carbocycles. The summed E-state index contributed by atoms with van der Waals surface area (Å²) in [6.07, 6.45) is 1.74. The zero-order valence-corrected chi connectivity index (χ0v) is 14.0. The number of hydrogen-bond donors (Lipinski definition) is 0. The summed E-state index contributed by atoms with van der Waals surface area (Å²) in [7, 11) is 5.15. The Labute approximate surface area is 138 Å². The van der Waals surface area contributed by atoms with Crippen molar-refractivity contribution in [1.82, 2.24) is 4.98 Å². The molecule has 0 N–H and O–H groups in total. The highest BCUT2D eigenvalue weighted by Crippen LogP contribution is 2.28. The van der Waals surface area contributed by atoms with Crippen LogP contribution in [0.5, 0.6) is 11.5 Å². The summed E-state index contributed by atoms with van der Waals surface area (Å²) >= 11 is 1.60.